The van der Waals surface area contributed by atoms with Crippen LogP contribution >= 0.6 is 11.3 Å². The minimum Gasteiger partial charge on any atom is -0.375 e. The molecule has 0 unspecified atom stereocenters. The highest BCUT2D eigenvalue weighted by Crippen LogP contribution is 2.26. The maximum absolute atomic E-state index is 12.6. The summed E-state index contributed by atoms with van der Waals surface area (Å²) in [5.74, 6) is 0.580. The zero-order chi connectivity index (χ0) is 16.5. The molecule has 4 heterocycles. The van der Waals surface area contributed by atoms with Crippen LogP contribution in [-0.4, -0.2) is 59.8 Å². The van der Waals surface area contributed by atoms with Gasteiger partial charge >= 0.3 is 0 Å². The molecule has 0 N–H and O–H groups in total. The summed E-state index contributed by atoms with van der Waals surface area (Å²) in [6.07, 6.45) is 0.117. The van der Waals surface area contributed by atoms with Gasteiger partial charge in [0.05, 0.1) is 18.4 Å². The van der Waals surface area contributed by atoms with Crippen LogP contribution in [0.25, 0.3) is 0 Å². The van der Waals surface area contributed by atoms with E-state index < -0.39 is 0 Å². The Kier molecular flexibility index (Phi) is 4.39. The lowest BCUT2D eigenvalue weighted by molar-refractivity contribution is 0.0474. The van der Waals surface area contributed by atoms with Gasteiger partial charge in [0.25, 0.3) is 5.91 Å². The second kappa shape index (κ2) is 6.66. The van der Waals surface area contributed by atoms with Crippen molar-refractivity contribution < 1.29 is 14.1 Å². The Morgan fingerprint density at radius 2 is 2.33 bits per heavy atom. The van der Waals surface area contributed by atoms with E-state index in [1.807, 2.05) is 11.8 Å². The molecule has 128 valence electrons. The van der Waals surface area contributed by atoms with Gasteiger partial charge in [0.1, 0.15) is 0 Å². The number of nitrogens with zero attached hydrogens (tertiary/aromatic N) is 3. The first kappa shape index (κ1) is 15.8. The number of fused-ring (bicyclic) bond motifs is 1. The summed E-state index contributed by atoms with van der Waals surface area (Å²) in [5.41, 5.74) is 0.727. The molecule has 0 bridgehead atoms. The standard InChI is InChI=1S/C17H21N3O3S/c1-12-7-15(23-18-12)17(21)20-9-13-8-19(4-5-22-16(13)11-20)10-14-3-2-6-24-14/h2-3,6-7,13,16H,4-5,8-11H2,1H3/t13-,16+/m0/s1. The zero-order valence-corrected chi connectivity index (χ0v) is 14.5. The third kappa shape index (κ3) is 3.24. The van der Waals surface area contributed by atoms with E-state index in [2.05, 4.69) is 27.6 Å². The van der Waals surface area contributed by atoms with Crippen LogP contribution in [0, 0.1) is 12.8 Å². The SMILES string of the molecule is Cc1cc(C(=O)N2C[C@@H]3CN(Cc4cccs4)CCO[C@@H]3C2)on1. The van der Waals surface area contributed by atoms with E-state index in [-0.39, 0.29) is 12.0 Å². The highest BCUT2D eigenvalue weighted by Gasteiger charge is 2.39. The first-order valence-electron chi connectivity index (χ1n) is 8.28. The molecule has 2 aromatic heterocycles. The molecule has 2 atom stereocenters. The van der Waals surface area contributed by atoms with Gasteiger partial charge in [-0.15, -0.1) is 11.3 Å². The topological polar surface area (TPSA) is 58.8 Å². The Morgan fingerprint density at radius 1 is 1.42 bits per heavy atom. The average Bonchev–Trinajstić information content (AvgIpc) is 3.28. The van der Waals surface area contributed by atoms with E-state index in [9.17, 15) is 4.79 Å². The summed E-state index contributed by atoms with van der Waals surface area (Å²) < 4.78 is 11.1. The van der Waals surface area contributed by atoms with Crippen LogP contribution in [0.4, 0.5) is 0 Å². The first-order chi connectivity index (χ1) is 11.7. The molecule has 4 rings (SSSR count). The predicted molar refractivity (Wildman–Crippen MR) is 90.0 cm³/mol. The van der Waals surface area contributed by atoms with Gasteiger partial charge in [0.2, 0.25) is 5.76 Å². The molecule has 2 aliphatic heterocycles. The number of hydrogen-bond donors (Lipinski definition) is 0. The zero-order valence-electron chi connectivity index (χ0n) is 13.7. The third-order valence-electron chi connectivity index (χ3n) is 4.70. The lowest BCUT2D eigenvalue weighted by Crippen LogP contribution is -2.33. The maximum Gasteiger partial charge on any atom is 0.292 e. The van der Waals surface area contributed by atoms with E-state index in [0.29, 0.717) is 24.8 Å². The van der Waals surface area contributed by atoms with Crippen LogP contribution in [0.2, 0.25) is 0 Å². The normalized spacial score (nSPS) is 24.8. The number of thiophene rings is 1. The van der Waals surface area contributed by atoms with Gasteiger partial charge in [-0.25, -0.2) is 0 Å². The van der Waals surface area contributed by atoms with Crippen LogP contribution in [0.15, 0.2) is 28.1 Å². The molecule has 7 heteroatoms. The highest BCUT2D eigenvalue weighted by atomic mass is 32.1. The van der Waals surface area contributed by atoms with Crippen molar-refractivity contribution in [3.05, 3.63) is 39.9 Å². The van der Waals surface area contributed by atoms with Crippen molar-refractivity contribution in [2.45, 2.75) is 19.6 Å². The fourth-order valence-corrected chi connectivity index (χ4v) is 4.26. The Balaban J connectivity index is 1.41. The van der Waals surface area contributed by atoms with Crippen molar-refractivity contribution in [3.63, 3.8) is 0 Å². The molecule has 0 radical (unpaired) electrons. The van der Waals surface area contributed by atoms with Gasteiger partial charge in [-0.05, 0) is 18.4 Å². The number of rotatable bonds is 3. The lowest BCUT2D eigenvalue weighted by Gasteiger charge is -2.22. The second-order valence-corrected chi connectivity index (χ2v) is 7.56. The Morgan fingerprint density at radius 3 is 3.08 bits per heavy atom. The molecule has 2 aliphatic rings. The van der Waals surface area contributed by atoms with Crippen molar-refractivity contribution in [2.75, 3.05) is 32.8 Å². The Hall–Kier alpha value is -1.70. The van der Waals surface area contributed by atoms with Gasteiger partial charge in [0, 0.05) is 49.6 Å². The van der Waals surface area contributed by atoms with Crippen LogP contribution in [0.1, 0.15) is 21.1 Å². The lowest BCUT2D eigenvalue weighted by atomic mass is 10.1. The van der Waals surface area contributed by atoms with Crippen molar-refractivity contribution in [1.82, 2.24) is 15.0 Å². The average molecular weight is 347 g/mol. The van der Waals surface area contributed by atoms with E-state index >= 15 is 0 Å². The molecule has 2 saturated heterocycles. The molecule has 0 aromatic carbocycles. The maximum atomic E-state index is 12.6. The van der Waals surface area contributed by atoms with Crippen LogP contribution in [0.3, 0.4) is 0 Å². The first-order valence-corrected chi connectivity index (χ1v) is 9.16. The molecule has 2 aromatic rings. The number of ether oxygens (including phenoxy) is 1. The van der Waals surface area contributed by atoms with Gasteiger partial charge < -0.3 is 14.2 Å². The molecule has 6 nitrogen and oxygen atoms in total. The van der Waals surface area contributed by atoms with Gasteiger partial charge in [-0.1, -0.05) is 11.2 Å². The van der Waals surface area contributed by atoms with Crippen molar-refractivity contribution in [2.24, 2.45) is 5.92 Å². The fraction of sp³-hybridized carbons (Fsp3) is 0.529. The molecular formula is C17H21N3O3S. The third-order valence-corrected chi connectivity index (χ3v) is 5.56. The highest BCUT2D eigenvalue weighted by molar-refractivity contribution is 7.09. The van der Waals surface area contributed by atoms with Crippen LogP contribution < -0.4 is 0 Å². The number of hydrogen-bond acceptors (Lipinski definition) is 6. The molecule has 0 saturated carbocycles. The van der Waals surface area contributed by atoms with E-state index in [1.54, 1.807) is 17.4 Å². The molecular weight excluding hydrogens is 326 g/mol. The molecule has 0 spiro atoms. The number of carbonyl (C=O) groups is 1. The van der Waals surface area contributed by atoms with Crippen LogP contribution in [0.5, 0.6) is 0 Å². The van der Waals surface area contributed by atoms with Crippen molar-refractivity contribution in [3.8, 4) is 0 Å². The number of likely N-dealkylation sites (tertiary alicyclic amines) is 1. The van der Waals surface area contributed by atoms with Gasteiger partial charge in [0.15, 0.2) is 0 Å². The predicted octanol–water partition coefficient (Wildman–Crippen LogP) is 2.02. The number of aromatic nitrogens is 1. The summed E-state index contributed by atoms with van der Waals surface area (Å²) in [4.78, 5) is 18.2. The van der Waals surface area contributed by atoms with E-state index in [0.717, 1.165) is 31.9 Å². The second-order valence-electron chi connectivity index (χ2n) is 6.53. The molecule has 0 aliphatic carbocycles. The summed E-state index contributed by atoms with van der Waals surface area (Å²) in [7, 11) is 0. The fourth-order valence-electron chi connectivity index (χ4n) is 3.51. The summed E-state index contributed by atoms with van der Waals surface area (Å²) in [6.45, 7) is 6.75. The molecule has 2 fully saturated rings. The largest absolute Gasteiger partial charge is 0.375 e. The van der Waals surface area contributed by atoms with Gasteiger partial charge in [-0.2, -0.15) is 0 Å². The summed E-state index contributed by atoms with van der Waals surface area (Å²) in [6, 6.07) is 5.96. The quantitative estimate of drug-likeness (QED) is 0.850. The number of aryl methyl sites for hydroxylation is 1. The Bertz CT molecular complexity index is 700. The van der Waals surface area contributed by atoms with E-state index in [4.69, 9.17) is 9.26 Å². The molecule has 24 heavy (non-hydrogen) atoms. The Labute approximate surface area is 145 Å². The number of amides is 1. The monoisotopic (exact) mass is 347 g/mol. The minimum atomic E-state index is -0.0860. The smallest absolute Gasteiger partial charge is 0.292 e. The summed E-state index contributed by atoms with van der Waals surface area (Å²) >= 11 is 1.79. The minimum absolute atomic E-state index is 0.0860. The number of carbonyl (C=O) groups excluding carboxylic acids is 1. The van der Waals surface area contributed by atoms with Crippen LogP contribution in [-0.2, 0) is 11.3 Å². The van der Waals surface area contributed by atoms with Crippen molar-refractivity contribution in [1.29, 1.82) is 0 Å². The van der Waals surface area contributed by atoms with E-state index in [1.165, 1.54) is 4.88 Å². The molecule has 1 amide bonds. The van der Waals surface area contributed by atoms with Gasteiger partial charge in [-0.3, -0.25) is 9.69 Å². The summed E-state index contributed by atoms with van der Waals surface area (Å²) in [5, 5.41) is 5.92. The van der Waals surface area contributed by atoms with Crippen molar-refractivity contribution >= 4 is 17.2 Å².